The molecule has 0 spiro atoms. The van der Waals surface area contributed by atoms with E-state index in [1.165, 1.54) is 33.4 Å². The number of nitrogens with zero attached hydrogens (tertiary/aromatic N) is 2. The first-order valence-corrected chi connectivity index (χ1v) is 23.6. The Balaban J connectivity index is 1.11. The molecule has 8 aromatic carbocycles. The molecule has 3 unspecified atom stereocenters. The molecule has 0 amide bonds. The highest BCUT2D eigenvalue weighted by Crippen LogP contribution is 2.62. The Labute approximate surface area is 387 Å². The summed E-state index contributed by atoms with van der Waals surface area (Å²) in [5, 5.41) is 4.49. The van der Waals surface area contributed by atoms with Gasteiger partial charge < -0.3 is 18.6 Å². The van der Waals surface area contributed by atoms with Crippen LogP contribution in [0.5, 0.6) is 0 Å². The summed E-state index contributed by atoms with van der Waals surface area (Å²) in [5.74, 6) is 0.885. The van der Waals surface area contributed by atoms with Gasteiger partial charge in [0, 0.05) is 49.8 Å². The molecule has 0 bridgehead atoms. The first-order valence-electron chi connectivity index (χ1n) is 23.6. The van der Waals surface area contributed by atoms with Crippen molar-refractivity contribution in [1.82, 2.24) is 0 Å². The summed E-state index contributed by atoms with van der Waals surface area (Å²) >= 11 is 0. The van der Waals surface area contributed by atoms with Gasteiger partial charge >= 0.3 is 0 Å². The Bertz CT molecular complexity index is 3520. The maximum atomic E-state index is 6.89. The summed E-state index contributed by atoms with van der Waals surface area (Å²) in [5.41, 5.74) is 16.1. The third-order valence-electron chi connectivity index (χ3n) is 15.0. The fourth-order valence-corrected chi connectivity index (χ4v) is 11.8. The Morgan fingerprint density at radius 2 is 0.985 bits per heavy atom. The molecule has 0 saturated carbocycles. The minimum absolute atomic E-state index is 0.0474. The second-order valence-electron chi connectivity index (χ2n) is 19.7. The molecule has 324 valence electrons. The lowest BCUT2D eigenvalue weighted by Gasteiger charge is -2.56. The second kappa shape index (κ2) is 15.1. The predicted octanol–water partition coefficient (Wildman–Crippen LogP) is 17.4. The van der Waals surface area contributed by atoms with E-state index < -0.39 is 5.54 Å². The van der Waals surface area contributed by atoms with Crippen LogP contribution in [0, 0.1) is 0 Å². The van der Waals surface area contributed by atoms with Crippen LogP contribution in [-0.2, 0) is 11.0 Å². The Kier molecular flexibility index (Phi) is 9.23. The smallest absolute Gasteiger partial charge is 0.159 e. The van der Waals surface area contributed by atoms with Crippen LogP contribution in [0.3, 0.4) is 0 Å². The Morgan fingerprint density at radius 3 is 1.61 bits per heavy atom. The number of allylic oxidation sites excluding steroid dienone is 1. The zero-order valence-electron chi connectivity index (χ0n) is 38.5. The fraction of sp³-hybridized carbons (Fsp3) is 0.194. The zero-order chi connectivity index (χ0) is 44.9. The Morgan fingerprint density at radius 1 is 0.485 bits per heavy atom. The van der Waals surface area contributed by atoms with Crippen molar-refractivity contribution in [2.24, 2.45) is 0 Å². The number of benzene rings is 8. The summed E-state index contributed by atoms with van der Waals surface area (Å²) in [4.78, 5) is 5.07. The highest BCUT2D eigenvalue weighted by molar-refractivity contribution is 6.12. The van der Waals surface area contributed by atoms with Gasteiger partial charge in [-0.1, -0.05) is 174 Å². The molecule has 10 aromatic rings. The van der Waals surface area contributed by atoms with E-state index >= 15 is 0 Å². The number of hydrogen-bond acceptors (Lipinski definition) is 4. The molecular formula is C62H54N2O2. The van der Waals surface area contributed by atoms with Gasteiger partial charge in [0.05, 0.1) is 22.6 Å². The molecule has 4 heteroatoms. The van der Waals surface area contributed by atoms with Crippen molar-refractivity contribution in [3.05, 3.63) is 221 Å². The van der Waals surface area contributed by atoms with E-state index in [9.17, 15) is 0 Å². The van der Waals surface area contributed by atoms with Gasteiger partial charge in [-0.3, -0.25) is 0 Å². The van der Waals surface area contributed by atoms with Crippen molar-refractivity contribution in [1.29, 1.82) is 0 Å². The molecule has 2 aliphatic rings. The molecule has 0 radical (unpaired) electrons. The van der Waals surface area contributed by atoms with Crippen LogP contribution in [0.4, 0.5) is 22.7 Å². The minimum Gasteiger partial charge on any atom is -0.454 e. The SMILES string of the molecule is CC(C)c1ccc(N(C2=CC3c4ccccc4C(C)(N(c4ccc(C(C)C)cc4)c4cccc5c4oc4ccccc45)CC3(C)c3ccccc32)c2cccc3c2oc2ccccc23)cc1. The average molecular weight is 859 g/mol. The van der Waals surface area contributed by atoms with Crippen molar-refractivity contribution in [3.63, 3.8) is 0 Å². The van der Waals surface area contributed by atoms with Crippen LogP contribution in [0.25, 0.3) is 49.6 Å². The highest BCUT2D eigenvalue weighted by Gasteiger charge is 2.54. The number of hydrogen-bond donors (Lipinski definition) is 0. The topological polar surface area (TPSA) is 32.8 Å². The van der Waals surface area contributed by atoms with Crippen LogP contribution in [0.2, 0.25) is 0 Å². The van der Waals surface area contributed by atoms with Gasteiger partial charge in [-0.2, -0.15) is 0 Å². The zero-order valence-corrected chi connectivity index (χ0v) is 38.5. The molecule has 4 nitrogen and oxygen atoms in total. The van der Waals surface area contributed by atoms with Gasteiger partial charge in [-0.05, 0) is 102 Å². The largest absolute Gasteiger partial charge is 0.454 e. The highest BCUT2D eigenvalue weighted by atomic mass is 16.3. The molecule has 2 heterocycles. The third-order valence-corrected chi connectivity index (χ3v) is 15.0. The lowest BCUT2D eigenvalue weighted by Crippen LogP contribution is -2.52. The summed E-state index contributed by atoms with van der Waals surface area (Å²) in [6.45, 7) is 14.0. The summed E-state index contributed by atoms with van der Waals surface area (Å²) < 4.78 is 13.7. The average Bonchev–Trinajstić information content (AvgIpc) is 3.92. The van der Waals surface area contributed by atoms with E-state index in [1.54, 1.807) is 0 Å². The maximum Gasteiger partial charge on any atom is 0.159 e. The van der Waals surface area contributed by atoms with Crippen molar-refractivity contribution in [3.8, 4) is 0 Å². The minimum atomic E-state index is -0.515. The third kappa shape index (κ3) is 6.04. The van der Waals surface area contributed by atoms with Crippen molar-refractivity contribution in [2.75, 3.05) is 9.80 Å². The molecule has 3 atom stereocenters. The fourth-order valence-electron chi connectivity index (χ4n) is 11.8. The number of furan rings is 2. The van der Waals surface area contributed by atoms with E-state index in [-0.39, 0.29) is 11.3 Å². The molecule has 0 saturated heterocycles. The van der Waals surface area contributed by atoms with E-state index in [0.717, 1.165) is 78.7 Å². The molecule has 2 aliphatic carbocycles. The molecular weight excluding hydrogens is 805 g/mol. The quantitative estimate of drug-likeness (QED) is 0.152. The molecule has 0 aliphatic heterocycles. The second-order valence-corrected chi connectivity index (χ2v) is 19.7. The van der Waals surface area contributed by atoms with E-state index in [1.807, 2.05) is 0 Å². The first kappa shape index (κ1) is 40.2. The number of para-hydroxylation sites is 4. The molecule has 0 fully saturated rings. The predicted molar refractivity (Wildman–Crippen MR) is 276 cm³/mol. The van der Waals surface area contributed by atoms with Crippen LogP contribution >= 0.6 is 0 Å². The van der Waals surface area contributed by atoms with Crippen LogP contribution in [0.15, 0.2) is 197 Å². The van der Waals surface area contributed by atoms with Crippen molar-refractivity contribution >= 4 is 72.3 Å². The summed E-state index contributed by atoms with van der Waals surface area (Å²) in [7, 11) is 0. The molecule has 12 rings (SSSR count). The van der Waals surface area contributed by atoms with Gasteiger partial charge in [-0.25, -0.2) is 0 Å². The lowest BCUT2D eigenvalue weighted by atomic mass is 9.53. The molecule has 0 N–H and O–H groups in total. The number of anilines is 4. The van der Waals surface area contributed by atoms with Gasteiger partial charge in [0.2, 0.25) is 0 Å². The van der Waals surface area contributed by atoms with E-state index in [4.69, 9.17) is 8.83 Å². The van der Waals surface area contributed by atoms with E-state index in [0.29, 0.717) is 11.8 Å². The van der Waals surface area contributed by atoms with Gasteiger partial charge in [0.25, 0.3) is 0 Å². The number of fused-ring (bicyclic) bond motifs is 11. The molecule has 66 heavy (non-hydrogen) atoms. The summed E-state index contributed by atoms with van der Waals surface area (Å²) in [6, 6.07) is 67.0. The standard InChI is InChI=1S/C62H54N2O2/c1-39(2)41-29-33-43(34-30-41)63(54-25-15-21-47-45-17-9-13-27-57(45)65-59(47)54)56-37-53-49-19-7-12-24-52(49)62(6,38-61(53,5)51-23-11-8-20-50(51)56)64(44-35-31-42(32-36-44)40(3)4)55-26-16-22-48-46-18-10-14-28-58(46)66-60(48)55/h7-37,39-40,53H,38H2,1-6H3. The van der Waals surface area contributed by atoms with Crippen molar-refractivity contribution in [2.45, 2.75) is 76.7 Å². The van der Waals surface area contributed by atoms with Crippen LogP contribution in [-0.4, -0.2) is 0 Å². The maximum absolute atomic E-state index is 6.89. The van der Waals surface area contributed by atoms with Gasteiger partial charge in [0.1, 0.15) is 11.2 Å². The van der Waals surface area contributed by atoms with Crippen molar-refractivity contribution < 1.29 is 8.83 Å². The lowest BCUT2D eigenvalue weighted by molar-refractivity contribution is 0.257. The Hall–Kier alpha value is -7.30. The summed E-state index contributed by atoms with van der Waals surface area (Å²) in [6.07, 6.45) is 3.42. The number of rotatable bonds is 8. The van der Waals surface area contributed by atoms with E-state index in [2.05, 4.69) is 239 Å². The monoisotopic (exact) mass is 858 g/mol. The first-order chi connectivity index (χ1) is 32.1. The molecule has 2 aromatic heterocycles. The van der Waals surface area contributed by atoms with Crippen LogP contribution in [0.1, 0.15) is 99.1 Å². The van der Waals surface area contributed by atoms with Gasteiger partial charge in [-0.15, -0.1) is 0 Å². The van der Waals surface area contributed by atoms with Crippen LogP contribution < -0.4 is 9.80 Å². The van der Waals surface area contributed by atoms with Gasteiger partial charge in [0.15, 0.2) is 11.2 Å². The normalized spacial score (nSPS) is 19.0.